The van der Waals surface area contributed by atoms with E-state index in [2.05, 4.69) is 39.8 Å². The molecule has 0 bridgehead atoms. The first-order valence-electron chi connectivity index (χ1n) is 5.05. The number of anilines is 1. The lowest BCUT2D eigenvalue weighted by molar-refractivity contribution is 0.376. The van der Waals surface area contributed by atoms with Crippen LogP contribution < -0.4 is 5.73 Å². The number of aromatic nitrogens is 1. The Morgan fingerprint density at radius 1 is 1.36 bits per heavy atom. The van der Waals surface area contributed by atoms with Gasteiger partial charge in [-0.3, -0.25) is 0 Å². The van der Waals surface area contributed by atoms with Crippen LogP contribution in [0.5, 0.6) is 0 Å². The van der Waals surface area contributed by atoms with Crippen LogP contribution in [0.2, 0.25) is 0 Å². The van der Waals surface area contributed by atoms with Crippen LogP contribution in [-0.4, -0.2) is 5.16 Å². The third-order valence-corrected chi connectivity index (χ3v) is 2.11. The highest BCUT2D eigenvalue weighted by molar-refractivity contribution is 5.41. The highest BCUT2D eigenvalue weighted by atomic mass is 16.5. The van der Waals surface area contributed by atoms with Crippen LogP contribution in [0.1, 0.15) is 51.8 Å². The van der Waals surface area contributed by atoms with Crippen molar-refractivity contribution in [3.63, 3.8) is 0 Å². The molecule has 0 amide bonds. The number of hydrogen-bond acceptors (Lipinski definition) is 3. The lowest BCUT2D eigenvalue weighted by Gasteiger charge is -2.17. The maximum atomic E-state index is 5.73. The normalized spacial score (nSPS) is 12.4. The van der Waals surface area contributed by atoms with E-state index < -0.39 is 0 Å². The van der Waals surface area contributed by atoms with Gasteiger partial charge in [-0.2, -0.15) is 0 Å². The Morgan fingerprint density at radius 3 is 2.36 bits per heavy atom. The van der Waals surface area contributed by atoms with E-state index in [1.807, 2.05) is 0 Å². The zero-order valence-corrected chi connectivity index (χ0v) is 9.72. The van der Waals surface area contributed by atoms with Gasteiger partial charge in [-0.1, -0.05) is 39.8 Å². The van der Waals surface area contributed by atoms with Gasteiger partial charge in [0.1, 0.15) is 0 Å². The van der Waals surface area contributed by atoms with Crippen LogP contribution in [0.3, 0.4) is 0 Å². The van der Waals surface area contributed by atoms with E-state index in [4.69, 9.17) is 10.3 Å². The Morgan fingerprint density at radius 2 is 1.93 bits per heavy atom. The maximum Gasteiger partial charge on any atom is 0.225 e. The third-order valence-electron chi connectivity index (χ3n) is 2.11. The number of rotatable bonds is 2. The topological polar surface area (TPSA) is 52.0 Å². The number of hydrogen-bond donors (Lipinski definition) is 1. The molecule has 80 valence electrons. The smallest absolute Gasteiger partial charge is 0.225 e. The molecule has 0 radical (unpaired) electrons. The summed E-state index contributed by atoms with van der Waals surface area (Å²) in [5, 5.41) is 4.02. The Bertz CT molecular complexity index is 308. The van der Waals surface area contributed by atoms with E-state index >= 15 is 0 Å². The molecule has 1 aromatic rings. The summed E-state index contributed by atoms with van der Waals surface area (Å²) in [5.74, 6) is 0.845. The monoisotopic (exact) mass is 196 g/mol. The van der Waals surface area contributed by atoms with Crippen LogP contribution in [0.15, 0.2) is 4.52 Å². The molecule has 2 N–H and O–H groups in total. The Labute approximate surface area is 85.7 Å². The Kier molecular flexibility index (Phi) is 2.88. The van der Waals surface area contributed by atoms with Crippen molar-refractivity contribution in [3.8, 4) is 0 Å². The molecule has 3 heteroatoms. The van der Waals surface area contributed by atoms with E-state index in [-0.39, 0.29) is 5.41 Å². The van der Waals surface area contributed by atoms with Gasteiger partial charge in [0.15, 0.2) is 0 Å². The third kappa shape index (κ3) is 2.50. The molecule has 1 heterocycles. The molecular formula is C11H20N2O. The second-order valence-corrected chi connectivity index (χ2v) is 5.30. The first-order valence-corrected chi connectivity index (χ1v) is 5.05. The van der Waals surface area contributed by atoms with E-state index in [1.54, 1.807) is 0 Å². The molecule has 0 aliphatic heterocycles. The molecule has 0 unspecified atom stereocenters. The van der Waals surface area contributed by atoms with Crippen LogP contribution in [0, 0.1) is 5.41 Å². The summed E-state index contributed by atoms with van der Waals surface area (Å²) in [6.45, 7) is 10.8. The summed E-state index contributed by atoms with van der Waals surface area (Å²) in [6.07, 6.45) is 0.904. The predicted octanol–water partition coefficient (Wildman–Crippen LogP) is 2.97. The van der Waals surface area contributed by atoms with Gasteiger partial charge >= 0.3 is 0 Å². The van der Waals surface area contributed by atoms with Gasteiger partial charge < -0.3 is 10.3 Å². The van der Waals surface area contributed by atoms with Gasteiger partial charge in [-0.15, -0.1) is 0 Å². The standard InChI is InChI=1S/C11H20N2O/c1-7(2)9-8(6-11(3,4)5)13-14-10(9)12/h7H,6,12H2,1-5H3. The number of nitrogen functional groups attached to an aromatic ring is 1. The molecule has 0 saturated heterocycles. The van der Waals surface area contributed by atoms with Crippen LogP contribution in [-0.2, 0) is 6.42 Å². The summed E-state index contributed by atoms with van der Waals surface area (Å²) < 4.78 is 5.03. The Balaban J connectivity index is 2.98. The van der Waals surface area contributed by atoms with Gasteiger partial charge in [-0.25, -0.2) is 0 Å². The predicted molar refractivity (Wildman–Crippen MR) is 58.2 cm³/mol. The lowest BCUT2D eigenvalue weighted by Crippen LogP contribution is -2.11. The molecule has 3 nitrogen and oxygen atoms in total. The van der Waals surface area contributed by atoms with Crippen molar-refractivity contribution < 1.29 is 4.52 Å². The molecule has 0 fully saturated rings. The number of nitrogens with two attached hydrogens (primary N) is 1. The second-order valence-electron chi connectivity index (χ2n) is 5.30. The van der Waals surface area contributed by atoms with E-state index in [0.29, 0.717) is 11.8 Å². The van der Waals surface area contributed by atoms with Gasteiger partial charge in [-0.05, 0) is 17.8 Å². The molecule has 0 spiro atoms. The van der Waals surface area contributed by atoms with Crippen molar-refractivity contribution in [1.82, 2.24) is 5.16 Å². The number of nitrogens with zero attached hydrogens (tertiary/aromatic N) is 1. The van der Waals surface area contributed by atoms with Crippen molar-refractivity contribution in [1.29, 1.82) is 0 Å². The van der Waals surface area contributed by atoms with Crippen molar-refractivity contribution >= 4 is 5.88 Å². The lowest BCUT2D eigenvalue weighted by atomic mass is 9.87. The summed E-state index contributed by atoms with van der Waals surface area (Å²) in [5.41, 5.74) is 8.02. The SMILES string of the molecule is CC(C)c1c(CC(C)(C)C)noc1N. The summed E-state index contributed by atoms with van der Waals surface area (Å²) in [7, 11) is 0. The first-order chi connectivity index (χ1) is 6.31. The summed E-state index contributed by atoms with van der Waals surface area (Å²) >= 11 is 0. The molecule has 0 aliphatic rings. The Hall–Kier alpha value is -0.990. The van der Waals surface area contributed by atoms with Crippen LogP contribution >= 0.6 is 0 Å². The minimum Gasteiger partial charge on any atom is -0.367 e. The molecule has 0 aliphatic carbocycles. The molecular weight excluding hydrogens is 176 g/mol. The van der Waals surface area contributed by atoms with Crippen molar-refractivity contribution in [2.45, 2.75) is 47.0 Å². The largest absolute Gasteiger partial charge is 0.367 e. The minimum atomic E-state index is 0.215. The van der Waals surface area contributed by atoms with Crippen LogP contribution in [0.4, 0.5) is 5.88 Å². The molecule has 0 aromatic carbocycles. The molecule has 1 rings (SSSR count). The van der Waals surface area contributed by atoms with Gasteiger partial charge in [0, 0.05) is 5.56 Å². The average molecular weight is 196 g/mol. The fourth-order valence-electron chi connectivity index (χ4n) is 1.59. The minimum absolute atomic E-state index is 0.215. The fourth-order valence-corrected chi connectivity index (χ4v) is 1.59. The van der Waals surface area contributed by atoms with E-state index in [0.717, 1.165) is 17.7 Å². The average Bonchev–Trinajstić information content (AvgIpc) is 2.27. The zero-order chi connectivity index (χ0) is 10.9. The quantitative estimate of drug-likeness (QED) is 0.791. The highest BCUT2D eigenvalue weighted by Gasteiger charge is 2.21. The van der Waals surface area contributed by atoms with Crippen LogP contribution in [0.25, 0.3) is 0 Å². The van der Waals surface area contributed by atoms with E-state index in [9.17, 15) is 0 Å². The molecule has 0 atom stereocenters. The fraction of sp³-hybridized carbons (Fsp3) is 0.727. The molecule has 1 aromatic heterocycles. The van der Waals surface area contributed by atoms with Crippen molar-refractivity contribution in [2.24, 2.45) is 5.41 Å². The van der Waals surface area contributed by atoms with Gasteiger partial charge in [0.05, 0.1) is 5.69 Å². The summed E-state index contributed by atoms with van der Waals surface area (Å²) in [6, 6.07) is 0. The second kappa shape index (κ2) is 3.64. The van der Waals surface area contributed by atoms with Gasteiger partial charge in [0.2, 0.25) is 5.88 Å². The maximum absolute atomic E-state index is 5.73. The van der Waals surface area contributed by atoms with Crippen molar-refractivity contribution in [3.05, 3.63) is 11.3 Å². The molecule has 0 saturated carbocycles. The van der Waals surface area contributed by atoms with Crippen molar-refractivity contribution in [2.75, 3.05) is 5.73 Å². The highest BCUT2D eigenvalue weighted by Crippen LogP contribution is 2.30. The van der Waals surface area contributed by atoms with E-state index in [1.165, 1.54) is 0 Å². The molecule has 14 heavy (non-hydrogen) atoms. The zero-order valence-electron chi connectivity index (χ0n) is 9.72. The first kappa shape index (κ1) is 11.1. The van der Waals surface area contributed by atoms with Gasteiger partial charge in [0.25, 0.3) is 0 Å². The summed E-state index contributed by atoms with van der Waals surface area (Å²) in [4.78, 5) is 0.